The van der Waals surface area contributed by atoms with Crippen LogP contribution in [0.1, 0.15) is 205 Å². The molecule has 15 nitrogen and oxygen atoms in total. The molecule has 6 aliphatic carbocycles. The van der Waals surface area contributed by atoms with E-state index in [1.54, 1.807) is 55.4 Å². The molecule has 3 amide bonds. The van der Waals surface area contributed by atoms with Crippen molar-refractivity contribution in [3.63, 3.8) is 0 Å². The number of aromatic amines is 3. The lowest BCUT2D eigenvalue weighted by molar-refractivity contribution is 0.0651. The van der Waals surface area contributed by atoms with E-state index in [2.05, 4.69) is 68.9 Å². The van der Waals surface area contributed by atoms with Gasteiger partial charge in [-0.25, -0.2) is 28.1 Å². The van der Waals surface area contributed by atoms with E-state index >= 15 is 0 Å². The fraction of sp³-hybridized carbons (Fsp3) is 0.420. The Bertz CT molecular complexity index is 5200. The van der Waals surface area contributed by atoms with Crippen molar-refractivity contribution < 1.29 is 27.6 Å². The molecular formula is C88H91F3N12O3. The number of carbonyl (C=O) groups excluding carboxylic acids is 3. The minimum absolute atomic E-state index is 0.00246. The summed E-state index contributed by atoms with van der Waals surface area (Å²) >= 11 is 0. The average Bonchev–Trinajstić information content (AvgIpc) is 1.62. The van der Waals surface area contributed by atoms with Crippen LogP contribution < -0.4 is 0 Å². The highest BCUT2D eigenvalue weighted by Gasteiger charge is 2.50. The first-order valence-electron chi connectivity index (χ1n) is 38.9. The number of fused-ring (bicyclic) bond motifs is 12. The highest BCUT2D eigenvalue weighted by molar-refractivity contribution is 6.00. The molecule has 20 rings (SSSR count). The van der Waals surface area contributed by atoms with Crippen molar-refractivity contribution in [3.8, 4) is 0 Å². The minimum atomic E-state index is -0.189. The number of carbonyl (C=O) groups is 3. The van der Waals surface area contributed by atoms with Gasteiger partial charge in [0, 0.05) is 109 Å². The lowest BCUT2D eigenvalue weighted by Gasteiger charge is -2.30. The lowest BCUT2D eigenvalue weighted by atomic mass is 9.75. The summed E-state index contributed by atoms with van der Waals surface area (Å²) in [5.41, 5.74) is 14.2. The molecule has 106 heavy (non-hydrogen) atoms. The molecule has 6 aromatic heterocycles. The van der Waals surface area contributed by atoms with E-state index in [9.17, 15) is 27.6 Å². The molecule has 542 valence electrons. The first kappa shape index (κ1) is 68.0. The third kappa shape index (κ3) is 13.0. The van der Waals surface area contributed by atoms with Gasteiger partial charge < -0.3 is 29.7 Å². The molecule has 0 radical (unpaired) electrons. The molecule has 6 aromatic carbocycles. The Morgan fingerprint density at radius 3 is 1.05 bits per heavy atom. The third-order valence-electron chi connectivity index (χ3n) is 26.3. The predicted octanol–water partition coefficient (Wildman–Crippen LogP) is 18.7. The van der Waals surface area contributed by atoms with Crippen molar-refractivity contribution in [2.24, 2.45) is 53.3 Å². The smallest absolute Gasteiger partial charge is 0.254 e. The Balaban J connectivity index is 0.000000113. The van der Waals surface area contributed by atoms with Crippen LogP contribution in [-0.2, 0) is 0 Å². The van der Waals surface area contributed by atoms with Gasteiger partial charge in [-0.15, -0.1) is 0 Å². The second kappa shape index (κ2) is 27.5. The molecule has 2 saturated heterocycles. The molecular weight excluding hydrogens is 1330 g/mol. The maximum Gasteiger partial charge on any atom is 0.254 e. The van der Waals surface area contributed by atoms with Gasteiger partial charge in [0.1, 0.15) is 34.9 Å². The van der Waals surface area contributed by atoms with Crippen LogP contribution in [0, 0.1) is 70.7 Å². The number of rotatable bonds is 15. The van der Waals surface area contributed by atoms with Gasteiger partial charge >= 0.3 is 0 Å². The topological polar surface area (TPSA) is 185 Å². The molecule has 3 N–H and O–H groups in total. The average molecular weight is 1420 g/mol. The second-order valence-corrected chi connectivity index (χ2v) is 33.1. The number of nitrogens with one attached hydrogen (secondary N) is 3. The van der Waals surface area contributed by atoms with Crippen LogP contribution in [0.2, 0.25) is 0 Å². The van der Waals surface area contributed by atoms with E-state index in [0.717, 1.165) is 146 Å². The van der Waals surface area contributed by atoms with E-state index in [4.69, 9.17) is 15.0 Å². The van der Waals surface area contributed by atoms with Crippen LogP contribution in [-0.4, -0.2) is 118 Å². The van der Waals surface area contributed by atoms with Crippen LogP contribution in [0.5, 0.6) is 0 Å². The van der Waals surface area contributed by atoms with E-state index in [0.29, 0.717) is 94.3 Å². The molecule has 8 aliphatic rings. The number of halogens is 3. The van der Waals surface area contributed by atoms with Crippen molar-refractivity contribution in [2.45, 2.75) is 140 Å². The lowest BCUT2D eigenvalue weighted by Crippen LogP contribution is -2.41. The van der Waals surface area contributed by atoms with E-state index in [-0.39, 0.29) is 35.2 Å². The Hall–Kier alpha value is -9.84. The predicted molar refractivity (Wildman–Crippen MR) is 408 cm³/mol. The summed E-state index contributed by atoms with van der Waals surface area (Å²) in [5.74, 6) is 11.4. The summed E-state index contributed by atoms with van der Waals surface area (Å²) < 4.78 is 42.0. The van der Waals surface area contributed by atoms with Crippen LogP contribution >= 0.6 is 0 Å². The van der Waals surface area contributed by atoms with Crippen molar-refractivity contribution in [1.29, 1.82) is 0 Å². The van der Waals surface area contributed by atoms with Crippen LogP contribution in [0.15, 0.2) is 146 Å². The molecule has 8 fully saturated rings. The van der Waals surface area contributed by atoms with Gasteiger partial charge in [0.05, 0.1) is 49.7 Å². The summed E-state index contributed by atoms with van der Waals surface area (Å²) in [6.07, 6.45) is 21.1. The molecule has 15 atom stereocenters. The van der Waals surface area contributed by atoms with Gasteiger partial charge in [-0.3, -0.25) is 29.3 Å². The van der Waals surface area contributed by atoms with Gasteiger partial charge in [0.25, 0.3) is 17.7 Å². The summed E-state index contributed by atoms with van der Waals surface area (Å²) in [6, 6.07) is 38.5. The van der Waals surface area contributed by atoms with Gasteiger partial charge in [0.2, 0.25) is 0 Å². The van der Waals surface area contributed by atoms with Gasteiger partial charge in [0.15, 0.2) is 0 Å². The molecule has 8 heterocycles. The van der Waals surface area contributed by atoms with Gasteiger partial charge in [-0.1, -0.05) is 20.8 Å². The Kier molecular flexibility index (Phi) is 17.6. The second-order valence-electron chi connectivity index (χ2n) is 33.1. The summed E-state index contributed by atoms with van der Waals surface area (Å²) in [6.45, 7) is 10.2. The van der Waals surface area contributed by atoms with Crippen LogP contribution in [0.4, 0.5) is 13.2 Å². The zero-order chi connectivity index (χ0) is 72.3. The fourth-order valence-corrected chi connectivity index (χ4v) is 20.9. The van der Waals surface area contributed by atoms with Crippen molar-refractivity contribution >= 4 is 83.5 Å². The number of amides is 3. The Morgan fingerprint density at radius 1 is 0.406 bits per heavy atom. The van der Waals surface area contributed by atoms with Crippen LogP contribution in [0.3, 0.4) is 0 Å². The largest absolute Gasteiger partial charge is 0.345 e. The van der Waals surface area contributed by atoms with E-state index < -0.39 is 0 Å². The maximum atomic E-state index is 14.0. The molecule has 12 aromatic rings. The SMILES string of the molecule is C[C@H](CC1CC2CC1CC2c1ccnc2ccc(F)cc12)c1nc2ccc(C(=O)N(C)C)cc2[nH]1.C[C@H](CC1CC2CC1CC2c1ccnc2ccc(F)cc12)c1nc2ccc(C(=O)N3CC3)cc2[nH]1.C[C@H](CC1CC2CC1CC2c1ccnc2ccc(F)cc12)c1nc2ccc(C(=O)N3CCC3)cc2[nH]1. The number of hydrogen-bond donors (Lipinski definition) is 3. The number of aromatic nitrogens is 9. The standard InChI is InChI=1S/C30H31FN4O.C29H29FN4O.C29H31FN4O/c1-17(29-33-27-5-3-18(15-28(27)34-29)30(36)35-9-2-10-35)11-19-12-21-13-20(19)14-24(21)23-7-8-32-26-6-4-22(31)16-25(23)26;1-16(28-32-26-4-2-17(14-27(26)33-28)29(35)34-8-9-34)10-18-11-20-12-19(18)13-23(20)22-6-7-31-25-5-3-21(30)15-24(22)25;1-16(28-32-26-6-4-17(14-27(26)33-28)29(35)34(2)3)10-18-11-20-12-19(18)13-23(20)22-8-9-31-25-7-5-21(30)15-24(22)25/h3-8,15-17,19-21,24H,2,9-14H2,1H3,(H,33,34);2-7,14-16,18-20,23H,8-13H2,1H3,(H,32,33);4-9,14-16,18-20,23H,10-13H2,1-3H3,(H,32,33)/t17-,19?,20?,21?,24?;2*16-,18?,19?,20?,23?/m111/s1. The van der Waals surface area contributed by atoms with Gasteiger partial charge in [-0.2, -0.15) is 0 Å². The number of imidazole rings is 3. The maximum absolute atomic E-state index is 14.0. The number of H-pyrrole nitrogens is 3. The first-order chi connectivity index (χ1) is 51.4. The molecule has 6 bridgehead atoms. The number of likely N-dealkylation sites (tertiary alicyclic amines) is 1. The quantitative estimate of drug-likeness (QED) is 0.0840. The zero-order valence-corrected chi connectivity index (χ0v) is 60.9. The summed E-state index contributed by atoms with van der Waals surface area (Å²) in [7, 11) is 3.53. The number of nitrogens with zero attached hydrogens (tertiary/aromatic N) is 9. The summed E-state index contributed by atoms with van der Waals surface area (Å²) in [4.78, 5) is 81.1. The summed E-state index contributed by atoms with van der Waals surface area (Å²) in [5, 5.41) is 2.94. The Morgan fingerprint density at radius 2 is 0.736 bits per heavy atom. The third-order valence-corrected chi connectivity index (χ3v) is 26.3. The van der Waals surface area contributed by atoms with E-state index in [1.807, 2.05) is 83.0 Å². The van der Waals surface area contributed by atoms with Crippen LogP contribution in [0.25, 0.3) is 65.8 Å². The van der Waals surface area contributed by atoms with E-state index in [1.165, 1.54) is 92.7 Å². The monoisotopic (exact) mass is 1420 g/mol. The zero-order valence-electron chi connectivity index (χ0n) is 60.9. The number of pyridine rings is 3. The highest BCUT2D eigenvalue weighted by Crippen LogP contribution is 2.61. The van der Waals surface area contributed by atoms with Crippen molar-refractivity contribution in [3.05, 3.63) is 214 Å². The highest BCUT2D eigenvalue weighted by atomic mass is 19.1. The number of benzene rings is 6. The van der Waals surface area contributed by atoms with Gasteiger partial charge in [-0.05, 0) is 299 Å². The molecule has 2 aliphatic heterocycles. The Labute approximate surface area is 615 Å². The molecule has 12 unspecified atom stereocenters. The molecule has 0 spiro atoms. The fourth-order valence-electron chi connectivity index (χ4n) is 20.9. The van der Waals surface area contributed by atoms with Crippen molar-refractivity contribution in [1.82, 2.24) is 59.6 Å². The number of hydrogen-bond acceptors (Lipinski definition) is 9. The minimum Gasteiger partial charge on any atom is -0.345 e. The normalized spacial score (nSPS) is 25.5. The first-order valence-corrected chi connectivity index (χ1v) is 38.9. The van der Waals surface area contributed by atoms with Crippen molar-refractivity contribution in [2.75, 3.05) is 40.3 Å². The molecule has 6 saturated carbocycles. The molecule has 18 heteroatoms.